The fourth-order valence-corrected chi connectivity index (χ4v) is 2.74. The highest BCUT2D eigenvalue weighted by atomic mass is 32.1. The molecular weight excluding hydrogens is 274 g/mol. The number of nitrogens with one attached hydrogen (secondary N) is 2. The molecule has 0 unspecified atom stereocenters. The maximum absolute atomic E-state index is 11.6. The second kappa shape index (κ2) is 6.29. The summed E-state index contributed by atoms with van der Waals surface area (Å²) in [5.74, 6) is 0.661. The number of hydrogen-bond acceptors (Lipinski definition) is 5. The van der Waals surface area contributed by atoms with Gasteiger partial charge in [0.25, 0.3) is 5.91 Å². The lowest BCUT2D eigenvalue weighted by Gasteiger charge is -2.08. The first-order valence-electron chi connectivity index (χ1n) is 6.13. The van der Waals surface area contributed by atoms with Crippen molar-refractivity contribution in [2.45, 2.75) is 6.54 Å². The molecule has 0 aliphatic heterocycles. The van der Waals surface area contributed by atoms with E-state index in [0.29, 0.717) is 17.1 Å². The quantitative estimate of drug-likeness (QED) is 0.790. The van der Waals surface area contributed by atoms with Crippen LogP contribution in [0, 0.1) is 0 Å². The van der Waals surface area contributed by atoms with Gasteiger partial charge in [-0.3, -0.25) is 4.79 Å². The molecule has 1 heterocycles. The zero-order valence-electron chi connectivity index (χ0n) is 11.4. The fourth-order valence-electron chi connectivity index (χ4n) is 1.81. The van der Waals surface area contributed by atoms with Crippen LogP contribution in [0.1, 0.15) is 15.2 Å². The molecule has 1 aromatic carbocycles. The second-order valence-corrected chi connectivity index (χ2v) is 5.19. The number of para-hydroxylation sites is 1. The summed E-state index contributed by atoms with van der Waals surface area (Å²) in [6, 6.07) is 9.55. The standard InChI is InChI=1S/C14H17N3O2S/c1-16-14(18)13-10(15)7-12(20-13)17-8-9-5-3-4-6-11(9)19-2/h3-7,17H,8,15H2,1-2H3,(H,16,18). The van der Waals surface area contributed by atoms with Crippen molar-refractivity contribution in [2.75, 3.05) is 25.2 Å². The van der Waals surface area contributed by atoms with Crippen LogP contribution in [-0.2, 0) is 6.54 Å². The Morgan fingerprint density at radius 3 is 2.85 bits per heavy atom. The van der Waals surface area contributed by atoms with Gasteiger partial charge in [0.2, 0.25) is 0 Å². The molecule has 0 saturated carbocycles. The van der Waals surface area contributed by atoms with Gasteiger partial charge in [-0.1, -0.05) is 18.2 Å². The number of hydrogen-bond donors (Lipinski definition) is 3. The Balaban J connectivity index is 2.10. The van der Waals surface area contributed by atoms with Gasteiger partial charge in [-0.15, -0.1) is 11.3 Å². The summed E-state index contributed by atoms with van der Waals surface area (Å²) in [5.41, 5.74) is 7.36. The predicted octanol–water partition coefficient (Wildman–Crippen LogP) is 2.31. The summed E-state index contributed by atoms with van der Waals surface area (Å²) in [7, 11) is 3.23. The largest absolute Gasteiger partial charge is 0.496 e. The van der Waals surface area contributed by atoms with Gasteiger partial charge >= 0.3 is 0 Å². The Labute approximate surface area is 121 Å². The number of ether oxygens (including phenoxy) is 1. The van der Waals surface area contributed by atoms with Crippen molar-refractivity contribution in [1.82, 2.24) is 5.32 Å². The number of rotatable bonds is 5. The van der Waals surface area contributed by atoms with E-state index in [9.17, 15) is 4.79 Å². The SMILES string of the molecule is CNC(=O)c1sc(NCc2ccccc2OC)cc1N. The minimum Gasteiger partial charge on any atom is -0.496 e. The molecule has 0 aliphatic rings. The maximum Gasteiger partial charge on any atom is 0.263 e. The summed E-state index contributed by atoms with van der Waals surface area (Å²) < 4.78 is 5.29. The normalized spacial score (nSPS) is 10.1. The van der Waals surface area contributed by atoms with Crippen LogP contribution >= 0.6 is 11.3 Å². The topological polar surface area (TPSA) is 76.4 Å². The maximum atomic E-state index is 11.6. The number of thiophene rings is 1. The third kappa shape index (κ3) is 3.03. The second-order valence-electron chi connectivity index (χ2n) is 4.14. The van der Waals surface area contributed by atoms with E-state index in [0.717, 1.165) is 16.3 Å². The van der Waals surface area contributed by atoms with E-state index in [2.05, 4.69) is 10.6 Å². The smallest absolute Gasteiger partial charge is 0.263 e. The Morgan fingerprint density at radius 2 is 2.15 bits per heavy atom. The van der Waals surface area contributed by atoms with E-state index < -0.39 is 0 Å². The predicted molar refractivity (Wildman–Crippen MR) is 82.4 cm³/mol. The summed E-state index contributed by atoms with van der Waals surface area (Å²) in [6.07, 6.45) is 0. The van der Waals surface area contributed by atoms with Crippen LogP contribution in [0.5, 0.6) is 5.75 Å². The van der Waals surface area contributed by atoms with Crippen LogP contribution in [0.2, 0.25) is 0 Å². The molecule has 0 radical (unpaired) electrons. The number of nitrogen functional groups attached to an aromatic ring is 1. The molecule has 6 heteroatoms. The van der Waals surface area contributed by atoms with Crippen molar-refractivity contribution in [2.24, 2.45) is 0 Å². The lowest BCUT2D eigenvalue weighted by molar-refractivity contribution is 0.0968. The van der Waals surface area contributed by atoms with Gasteiger partial charge in [0.05, 0.1) is 17.8 Å². The van der Waals surface area contributed by atoms with Gasteiger partial charge in [-0.2, -0.15) is 0 Å². The Morgan fingerprint density at radius 1 is 1.40 bits per heavy atom. The van der Waals surface area contributed by atoms with Crippen LogP contribution in [0.25, 0.3) is 0 Å². The minimum absolute atomic E-state index is 0.169. The van der Waals surface area contributed by atoms with E-state index in [4.69, 9.17) is 10.5 Å². The lowest BCUT2D eigenvalue weighted by atomic mass is 10.2. The number of anilines is 2. The first-order chi connectivity index (χ1) is 9.65. The van der Waals surface area contributed by atoms with Crippen molar-refractivity contribution < 1.29 is 9.53 Å². The van der Waals surface area contributed by atoms with Crippen molar-refractivity contribution in [1.29, 1.82) is 0 Å². The lowest BCUT2D eigenvalue weighted by Crippen LogP contribution is -2.17. The van der Waals surface area contributed by atoms with Crippen molar-refractivity contribution in [3.05, 3.63) is 40.8 Å². The highest BCUT2D eigenvalue weighted by Crippen LogP contribution is 2.30. The van der Waals surface area contributed by atoms with Gasteiger partial charge in [0.15, 0.2) is 0 Å². The number of carbonyl (C=O) groups is 1. The van der Waals surface area contributed by atoms with E-state index in [-0.39, 0.29) is 5.91 Å². The molecule has 0 bridgehead atoms. The fraction of sp³-hybridized carbons (Fsp3) is 0.214. The van der Waals surface area contributed by atoms with Crippen LogP contribution in [0.15, 0.2) is 30.3 Å². The molecule has 2 aromatic rings. The molecular formula is C14H17N3O2S. The summed E-state index contributed by atoms with van der Waals surface area (Å²) >= 11 is 1.34. The van der Waals surface area contributed by atoms with Gasteiger partial charge < -0.3 is 21.1 Å². The monoisotopic (exact) mass is 291 g/mol. The molecule has 0 atom stereocenters. The molecule has 0 aliphatic carbocycles. The Hall–Kier alpha value is -2.21. The van der Waals surface area contributed by atoms with Gasteiger partial charge in [0.1, 0.15) is 10.6 Å². The minimum atomic E-state index is -0.169. The number of amides is 1. The molecule has 1 aromatic heterocycles. The number of methoxy groups -OCH3 is 1. The van der Waals surface area contributed by atoms with Gasteiger partial charge in [-0.25, -0.2) is 0 Å². The van der Waals surface area contributed by atoms with E-state index >= 15 is 0 Å². The third-order valence-electron chi connectivity index (χ3n) is 2.84. The Bertz CT molecular complexity index is 610. The van der Waals surface area contributed by atoms with E-state index in [1.807, 2.05) is 24.3 Å². The average Bonchev–Trinajstić information content (AvgIpc) is 2.85. The van der Waals surface area contributed by atoms with Gasteiger partial charge in [0, 0.05) is 19.2 Å². The summed E-state index contributed by atoms with van der Waals surface area (Å²) in [4.78, 5) is 12.1. The number of benzene rings is 1. The van der Waals surface area contributed by atoms with Crippen LogP contribution in [0.4, 0.5) is 10.7 Å². The van der Waals surface area contributed by atoms with Crippen molar-refractivity contribution in [3.63, 3.8) is 0 Å². The molecule has 0 fully saturated rings. The molecule has 5 nitrogen and oxygen atoms in total. The Kier molecular flexibility index (Phi) is 4.47. The van der Waals surface area contributed by atoms with Crippen molar-refractivity contribution >= 4 is 27.9 Å². The van der Waals surface area contributed by atoms with E-state index in [1.165, 1.54) is 11.3 Å². The number of carbonyl (C=O) groups excluding carboxylic acids is 1. The number of nitrogens with two attached hydrogens (primary N) is 1. The first-order valence-corrected chi connectivity index (χ1v) is 6.94. The molecule has 1 amide bonds. The molecule has 20 heavy (non-hydrogen) atoms. The highest BCUT2D eigenvalue weighted by Gasteiger charge is 2.13. The first kappa shape index (κ1) is 14.2. The van der Waals surface area contributed by atoms with Crippen molar-refractivity contribution in [3.8, 4) is 5.75 Å². The molecule has 2 rings (SSSR count). The molecule has 0 spiro atoms. The molecule has 106 valence electrons. The van der Waals surface area contributed by atoms with Crippen LogP contribution in [0.3, 0.4) is 0 Å². The molecule has 0 saturated heterocycles. The zero-order valence-corrected chi connectivity index (χ0v) is 12.2. The van der Waals surface area contributed by atoms with Gasteiger partial charge in [-0.05, 0) is 12.1 Å². The zero-order chi connectivity index (χ0) is 14.5. The highest BCUT2D eigenvalue weighted by molar-refractivity contribution is 7.18. The average molecular weight is 291 g/mol. The third-order valence-corrected chi connectivity index (χ3v) is 3.95. The van der Waals surface area contributed by atoms with E-state index in [1.54, 1.807) is 20.2 Å². The summed E-state index contributed by atoms with van der Waals surface area (Å²) in [6.45, 7) is 0.608. The van der Waals surface area contributed by atoms with Crippen LogP contribution < -0.4 is 21.1 Å². The molecule has 4 N–H and O–H groups in total. The summed E-state index contributed by atoms with van der Waals surface area (Å²) in [5, 5.41) is 6.68. The van der Waals surface area contributed by atoms with Crippen LogP contribution in [-0.4, -0.2) is 20.1 Å².